The van der Waals surface area contributed by atoms with Gasteiger partial charge in [-0.2, -0.15) is 0 Å². The molecule has 0 aliphatic carbocycles. The second-order valence-corrected chi connectivity index (χ2v) is 7.63. The van der Waals surface area contributed by atoms with Crippen LogP contribution in [0.5, 0.6) is 0 Å². The van der Waals surface area contributed by atoms with Crippen LogP contribution >= 0.6 is 11.3 Å². The van der Waals surface area contributed by atoms with Crippen LogP contribution in [-0.2, 0) is 22.4 Å². The number of fused-ring (bicyclic) bond motifs is 1. The van der Waals surface area contributed by atoms with E-state index in [-0.39, 0.29) is 5.56 Å². The van der Waals surface area contributed by atoms with Crippen molar-refractivity contribution >= 4 is 29.0 Å². The van der Waals surface area contributed by atoms with Gasteiger partial charge in [-0.1, -0.05) is 13.8 Å². The molecule has 0 bridgehead atoms. The standard InChI is InChI=1S/C21H23N3O3S/c1-4-27-20(25)8-6-16-12-22-18-11-15(9-10-24(18)21(16)26)5-7-19-23-17(13-28-19)14(2)3/h6,8-14H,4-5,7H2,1-3H3/b8-6+. The highest BCUT2D eigenvalue weighted by Crippen LogP contribution is 2.19. The van der Waals surface area contributed by atoms with Gasteiger partial charge in [0.25, 0.3) is 5.56 Å². The van der Waals surface area contributed by atoms with Crippen molar-refractivity contribution in [3.63, 3.8) is 0 Å². The van der Waals surface area contributed by atoms with Crippen molar-refractivity contribution in [2.24, 2.45) is 0 Å². The third-order valence-corrected chi connectivity index (χ3v) is 5.20. The van der Waals surface area contributed by atoms with Crippen LogP contribution in [0.3, 0.4) is 0 Å². The Morgan fingerprint density at radius 2 is 2.18 bits per heavy atom. The Labute approximate surface area is 167 Å². The number of carbonyl (C=O) groups is 1. The highest BCUT2D eigenvalue weighted by atomic mass is 32.1. The summed E-state index contributed by atoms with van der Waals surface area (Å²) in [5, 5.41) is 3.24. The van der Waals surface area contributed by atoms with Gasteiger partial charge in [0.05, 0.1) is 22.9 Å². The molecule has 0 radical (unpaired) electrons. The third-order valence-electron chi connectivity index (χ3n) is 4.27. The molecular weight excluding hydrogens is 374 g/mol. The fourth-order valence-corrected chi connectivity index (χ4v) is 3.67. The van der Waals surface area contributed by atoms with Gasteiger partial charge in [0.15, 0.2) is 0 Å². The van der Waals surface area contributed by atoms with Crippen LogP contribution in [0.2, 0.25) is 0 Å². The van der Waals surface area contributed by atoms with Gasteiger partial charge < -0.3 is 4.74 Å². The minimum Gasteiger partial charge on any atom is -0.463 e. The molecule has 146 valence electrons. The van der Waals surface area contributed by atoms with E-state index in [1.54, 1.807) is 24.5 Å². The predicted octanol–water partition coefficient (Wildman–Crippen LogP) is 3.64. The lowest BCUT2D eigenvalue weighted by Crippen LogP contribution is -2.17. The normalized spacial score (nSPS) is 11.6. The van der Waals surface area contributed by atoms with Gasteiger partial charge in [-0.3, -0.25) is 9.20 Å². The lowest BCUT2D eigenvalue weighted by atomic mass is 10.1. The van der Waals surface area contributed by atoms with Gasteiger partial charge in [-0.25, -0.2) is 14.8 Å². The van der Waals surface area contributed by atoms with E-state index in [0.717, 1.165) is 29.1 Å². The first kappa shape index (κ1) is 19.9. The van der Waals surface area contributed by atoms with Gasteiger partial charge in [-0.15, -0.1) is 11.3 Å². The van der Waals surface area contributed by atoms with Crippen molar-refractivity contribution in [3.05, 3.63) is 68.2 Å². The molecule has 0 aliphatic heterocycles. The summed E-state index contributed by atoms with van der Waals surface area (Å²) in [4.78, 5) is 33.0. The van der Waals surface area contributed by atoms with E-state index in [1.165, 1.54) is 22.7 Å². The SMILES string of the molecule is CCOC(=O)/C=C/c1cnc2cc(CCc3nc(C(C)C)cs3)ccn2c1=O. The highest BCUT2D eigenvalue weighted by Gasteiger charge is 2.08. The predicted molar refractivity (Wildman–Crippen MR) is 111 cm³/mol. The van der Waals surface area contributed by atoms with Crippen molar-refractivity contribution in [3.8, 4) is 0 Å². The average Bonchev–Trinajstić information content (AvgIpc) is 3.15. The summed E-state index contributed by atoms with van der Waals surface area (Å²) in [5.74, 6) is -0.0426. The minimum atomic E-state index is -0.481. The van der Waals surface area contributed by atoms with Crippen LogP contribution in [0.25, 0.3) is 11.7 Å². The summed E-state index contributed by atoms with van der Waals surface area (Å²) in [7, 11) is 0. The quantitative estimate of drug-likeness (QED) is 0.450. The number of carbonyl (C=O) groups excluding carboxylic acids is 1. The van der Waals surface area contributed by atoms with E-state index in [4.69, 9.17) is 4.74 Å². The van der Waals surface area contributed by atoms with Gasteiger partial charge in [0, 0.05) is 30.3 Å². The van der Waals surface area contributed by atoms with E-state index in [1.807, 2.05) is 12.1 Å². The number of thiazole rings is 1. The molecule has 0 fully saturated rings. The number of pyridine rings is 1. The summed E-state index contributed by atoms with van der Waals surface area (Å²) in [6.07, 6.45) is 7.57. The molecule has 6 nitrogen and oxygen atoms in total. The number of ether oxygens (including phenoxy) is 1. The fraction of sp³-hybridized carbons (Fsp3) is 0.333. The number of aromatic nitrogens is 3. The van der Waals surface area contributed by atoms with Crippen LogP contribution in [0.4, 0.5) is 0 Å². The first-order chi connectivity index (χ1) is 13.5. The Morgan fingerprint density at radius 1 is 1.36 bits per heavy atom. The molecule has 0 spiro atoms. The Balaban J connectivity index is 1.75. The smallest absolute Gasteiger partial charge is 0.330 e. The maximum atomic E-state index is 12.6. The van der Waals surface area contributed by atoms with E-state index >= 15 is 0 Å². The molecule has 0 amide bonds. The molecule has 3 aromatic rings. The van der Waals surface area contributed by atoms with Crippen LogP contribution < -0.4 is 5.56 Å². The van der Waals surface area contributed by atoms with Gasteiger partial charge in [0.2, 0.25) is 0 Å². The summed E-state index contributed by atoms with van der Waals surface area (Å²) >= 11 is 1.69. The lowest BCUT2D eigenvalue weighted by molar-refractivity contribution is -0.137. The molecular formula is C21H23N3O3S. The third kappa shape index (κ3) is 4.72. The van der Waals surface area contributed by atoms with Crippen molar-refractivity contribution in [1.82, 2.24) is 14.4 Å². The molecule has 0 aliphatic rings. The zero-order valence-electron chi connectivity index (χ0n) is 16.2. The lowest BCUT2D eigenvalue weighted by Gasteiger charge is -2.05. The van der Waals surface area contributed by atoms with Crippen LogP contribution in [-0.4, -0.2) is 26.9 Å². The zero-order chi connectivity index (χ0) is 20.1. The second-order valence-electron chi connectivity index (χ2n) is 6.69. The minimum absolute atomic E-state index is 0.224. The number of aryl methyl sites for hydroxylation is 2. The zero-order valence-corrected chi connectivity index (χ0v) is 17.0. The van der Waals surface area contributed by atoms with Gasteiger partial charge in [-0.05, 0) is 43.0 Å². The molecule has 0 unspecified atom stereocenters. The number of hydrogen-bond donors (Lipinski definition) is 0. The van der Waals surface area contributed by atoms with Crippen LogP contribution in [0, 0.1) is 0 Å². The molecule has 28 heavy (non-hydrogen) atoms. The Hall–Kier alpha value is -2.80. The molecule has 0 aromatic carbocycles. The second kappa shape index (κ2) is 8.93. The topological polar surface area (TPSA) is 73.6 Å². The number of rotatable bonds is 7. The molecule has 3 heterocycles. The Bertz CT molecular complexity index is 1070. The average molecular weight is 398 g/mol. The molecule has 7 heteroatoms. The molecule has 0 saturated carbocycles. The van der Waals surface area contributed by atoms with E-state index in [9.17, 15) is 9.59 Å². The number of esters is 1. The maximum Gasteiger partial charge on any atom is 0.330 e. The first-order valence-electron chi connectivity index (χ1n) is 9.27. The summed E-state index contributed by atoms with van der Waals surface area (Å²) in [6.45, 7) is 6.30. The molecule has 3 aromatic heterocycles. The Kier molecular flexibility index (Phi) is 6.36. The van der Waals surface area contributed by atoms with E-state index in [2.05, 4.69) is 29.2 Å². The maximum absolute atomic E-state index is 12.6. The summed E-state index contributed by atoms with van der Waals surface area (Å²) in [5.41, 5.74) is 2.93. The monoisotopic (exact) mass is 397 g/mol. The largest absolute Gasteiger partial charge is 0.463 e. The first-order valence-corrected chi connectivity index (χ1v) is 10.1. The van der Waals surface area contributed by atoms with E-state index in [0.29, 0.717) is 23.7 Å². The number of nitrogens with zero attached hydrogens (tertiary/aromatic N) is 3. The molecule has 3 rings (SSSR count). The van der Waals surface area contributed by atoms with Crippen molar-refractivity contribution < 1.29 is 9.53 Å². The molecule has 0 atom stereocenters. The van der Waals surface area contributed by atoms with Gasteiger partial charge in [0.1, 0.15) is 5.65 Å². The van der Waals surface area contributed by atoms with Crippen molar-refractivity contribution in [2.45, 2.75) is 39.5 Å². The molecule has 0 N–H and O–H groups in total. The van der Waals surface area contributed by atoms with Gasteiger partial charge >= 0.3 is 5.97 Å². The highest BCUT2D eigenvalue weighted by molar-refractivity contribution is 7.09. The number of hydrogen-bond acceptors (Lipinski definition) is 6. The van der Waals surface area contributed by atoms with Crippen molar-refractivity contribution in [1.29, 1.82) is 0 Å². The van der Waals surface area contributed by atoms with Crippen LogP contribution in [0.1, 0.15) is 48.5 Å². The summed E-state index contributed by atoms with van der Waals surface area (Å²) < 4.78 is 6.31. The van der Waals surface area contributed by atoms with Crippen LogP contribution in [0.15, 0.2) is 40.8 Å². The fourth-order valence-electron chi connectivity index (χ4n) is 2.71. The summed E-state index contributed by atoms with van der Waals surface area (Å²) in [6, 6.07) is 3.84. The van der Waals surface area contributed by atoms with Crippen molar-refractivity contribution in [2.75, 3.05) is 6.61 Å². The Morgan fingerprint density at radius 3 is 2.89 bits per heavy atom. The van der Waals surface area contributed by atoms with E-state index < -0.39 is 5.97 Å². The molecule has 0 saturated heterocycles.